The molecule has 0 N–H and O–H groups in total. The van der Waals surface area contributed by atoms with Gasteiger partial charge in [-0.3, -0.25) is 0 Å². The topological polar surface area (TPSA) is 9.86 Å². The average Bonchev–Trinajstić information content (AvgIpc) is 4.05. The van der Waals surface area contributed by atoms with E-state index in [0.717, 1.165) is 83.6 Å². The zero-order valence-corrected chi connectivity index (χ0v) is 31.8. The number of halogens is 4. The van der Waals surface area contributed by atoms with Crippen molar-refractivity contribution in [3.63, 3.8) is 0 Å². The molecule has 0 radical (unpaired) electrons. The normalized spacial score (nSPS) is 15.9. The molecule has 0 bridgehead atoms. The molecule has 0 fully saturated rings. The SMILES string of the molecule is Fc1ccc(-n2c(-c3ccccc3)cc3c2CCC3)c(F)[c]1[Ti]([C]1=CC=CC1)([C]1=CC=CC1)[c]1c(F)ccc(-n2c(-c3ccccc3)cc3c2CCC3)c1F. The van der Waals surface area contributed by atoms with E-state index in [0.29, 0.717) is 20.6 Å². The molecule has 0 amide bonds. The van der Waals surface area contributed by atoms with Crippen molar-refractivity contribution in [3.05, 3.63) is 187 Å². The Bertz CT molecular complexity index is 2460. The Labute approximate surface area is 321 Å². The van der Waals surface area contributed by atoms with Crippen molar-refractivity contribution in [2.24, 2.45) is 0 Å². The van der Waals surface area contributed by atoms with Gasteiger partial charge in [0.05, 0.1) is 0 Å². The molecule has 0 saturated carbocycles. The predicted octanol–water partition coefficient (Wildman–Crippen LogP) is 10.9. The Morgan fingerprint density at radius 1 is 0.491 bits per heavy atom. The number of allylic oxidation sites excluding steroid dienone is 8. The quantitative estimate of drug-likeness (QED) is 0.108. The molecule has 4 aromatic carbocycles. The van der Waals surface area contributed by atoms with Crippen LogP contribution in [0, 0.1) is 23.3 Å². The molecule has 4 aliphatic rings. The van der Waals surface area contributed by atoms with Crippen LogP contribution in [0.5, 0.6) is 0 Å². The third-order valence-corrected chi connectivity index (χ3v) is 20.1. The molecule has 7 heteroatoms. The van der Waals surface area contributed by atoms with Gasteiger partial charge in [0.2, 0.25) is 0 Å². The number of aryl methyl sites for hydroxylation is 2. The average molecular weight is 767 g/mol. The minimum absolute atomic E-state index is 0.183. The van der Waals surface area contributed by atoms with E-state index in [-0.39, 0.29) is 19.1 Å². The van der Waals surface area contributed by atoms with Crippen LogP contribution >= 0.6 is 0 Å². The van der Waals surface area contributed by atoms with E-state index in [1.54, 1.807) is 0 Å². The van der Waals surface area contributed by atoms with Crippen LogP contribution < -0.4 is 7.74 Å². The van der Waals surface area contributed by atoms with Gasteiger partial charge in [-0.1, -0.05) is 0 Å². The van der Waals surface area contributed by atoms with E-state index in [2.05, 4.69) is 12.1 Å². The maximum absolute atomic E-state index is 18.3. The number of rotatable bonds is 8. The second-order valence-electron chi connectivity index (χ2n) is 15.0. The van der Waals surface area contributed by atoms with Crippen LogP contribution in [-0.4, -0.2) is 9.13 Å². The van der Waals surface area contributed by atoms with Gasteiger partial charge in [-0.25, -0.2) is 0 Å². The first-order valence-corrected chi connectivity index (χ1v) is 22.4. The van der Waals surface area contributed by atoms with Gasteiger partial charge >= 0.3 is 323 Å². The second kappa shape index (κ2) is 13.5. The molecule has 0 unspecified atom stereocenters. The van der Waals surface area contributed by atoms with Crippen LogP contribution in [0.25, 0.3) is 33.9 Å². The standard InChI is InChI=1S/2C19H14F2N.2C5H5.Ti/c2*20-15-9-10-18(16(21)12-15)22-17-8-4-7-14(17)11-19(22)13-5-2-1-3-6-13;2*1-2-4-5-3-1;/h2*1-3,5-6,9-11H,4,7-8H2;2*1-3H,4H2;. The van der Waals surface area contributed by atoms with Crippen molar-refractivity contribution in [2.75, 3.05) is 0 Å². The fourth-order valence-corrected chi connectivity index (χ4v) is 18.1. The number of benzene rings is 4. The van der Waals surface area contributed by atoms with Gasteiger partial charge in [-0.15, -0.1) is 0 Å². The van der Waals surface area contributed by atoms with E-state index in [1.165, 1.54) is 24.3 Å². The molecule has 55 heavy (non-hydrogen) atoms. The van der Waals surface area contributed by atoms with Gasteiger partial charge in [0.1, 0.15) is 0 Å². The molecular formula is C48H38F4N2Ti. The van der Waals surface area contributed by atoms with Crippen LogP contribution in [0.15, 0.2) is 141 Å². The molecule has 272 valence electrons. The summed E-state index contributed by atoms with van der Waals surface area (Å²) in [5.74, 6) is -3.05. The van der Waals surface area contributed by atoms with Crippen molar-refractivity contribution in [1.82, 2.24) is 9.13 Å². The van der Waals surface area contributed by atoms with E-state index >= 15 is 17.6 Å². The Balaban J connectivity index is 1.28. The summed E-state index contributed by atoms with van der Waals surface area (Å²) in [4.78, 5) is 0. The van der Waals surface area contributed by atoms with E-state index < -0.39 is 39.9 Å². The van der Waals surface area contributed by atoms with Crippen LogP contribution in [0.1, 0.15) is 48.2 Å². The molecule has 10 rings (SSSR count). The molecule has 0 aliphatic heterocycles. The summed E-state index contributed by atoms with van der Waals surface area (Å²) in [6.45, 7) is 0. The summed E-state index contributed by atoms with van der Waals surface area (Å²) in [5, 5.41) is 0. The molecule has 2 heterocycles. The van der Waals surface area contributed by atoms with Gasteiger partial charge in [0.25, 0.3) is 0 Å². The summed E-state index contributed by atoms with van der Waals surface area (Å²) in [7, 11) is 0. The first kappa shape index (κ1) is 34.3. The number of aromatic nitrogens is 2. The fraction of sp³-hybridized carbons (Fsp3) is 0.167. The van der Waals surface area contributed by atoms with Gasteiger partial charge < -0.3 is 0 Å². The van der Waals surface area contributed by atoms with Crippen molar-refractivity contribution in [3.8, 4) is 33.9 Å². The molecule has 6 aromatic rings. The second-order valence-corrected chi connectivity index (χ2v) is 20.9. The van der Waals surface area contributed by atoms with Crippen molar-refractivity contribution >= 4 is 7.74 Å². The van der Waals surface area contributed by atoms with Crippen LogP contribution in [0.4, 0.5) is 17.6 Å². The van der Waals surface area contributed by atoms with E-state index in [9.17, 15) is 0 Å². The Hall–Kier alpha value is -5.17. The fourth-order valence-electron chi connectivity index (χ4n) is 9.81. The first-order valence-electron chi connectivity index (χ1n) is 19.2. The molecular weight excluding hydrogens is 728 g/mol. The molecule has 0 saturated heterocycles. The summed E-state index contributed by atoms with van der Waals surface area (Å²) < 4.78 is 75.9. The third-order valence-electron chi connectivity index (χ3n) is 12.1. The summed E-state index contributed by atoms with van der Waals surface area (Å²) in [6.07, 6.45) is 17.1. The van der Waals surface area contributed by atoms with Gasteiger partial charge in [-0.05, 0) is 0 Å². The van der Waals surface area contributed by atoms with Crippen molar-refractivity contribution in [2.45, 2.75) is 51.4 Å². The summed E-state index contributed by atoms with van der Waals surface area (Å²) in [5.41, 5.74) is 8.14. The summed E-state index contributed by atoms with van der Waals surface area (Å²) in [6, 6.07) is 29.5. The van der Waals surface area contributed by atoms with E-state index in [1.807, 2.05) is 106 Å². The van der Waals surface area contributed by atoms with Gasteiger partial charge in [0.15, 0.2) is 0 Å². The number of hydrogen-bond donors (Lipinski definition) is 0. The number of nitrogens with zero attached hydrogens (tertiary/aromatic N) is 2. The monoisotopic (exact) mass is 766 g/mol. The molecule has 2 nitrogen and oxygen atoms in total. The van der Waals surface area contributed by atoms with E-state index in [4.69, 9.17) is 0 Å². The van der Waals surface area contributed by atoms with Crippen LogP contribution in [0.2, 0.25) is 0 Å². The van der Waals surface area contributed by atoms with Crippen LogP contribution in [0.3, 0.4) is 0 Å². The molecule has 2 aromatic heterocycles. The van der Waals surface area contributed by atoms with Crippen molar-refractivity contribution < 1.29 is 34.2 Å². The molecule has 4 aliphatic carbocycles. The Morgan fingerprint density at radius 3 is 1.33 bits per heavy atom. The summed E-state index contributed by atoms with van der Waals surface area (Å²) >= 11 is -5.15. The molecule has 0 spiro atoms. The van der Waals surface area contributed by atoms with Crippen molar-refractivity contribution in [1.29, 1.82) is 0 Å². The first-order chi connectivity index (χ1) is 27.0. The Kier molecular flexibility index (Phi) is 8.45. The molecule has 0 atom stereocenters. The van der Waals surface area contributed by atoms with Gasteiger partial charge in [-0.2, -0.15) is 0 Å². The zero-order chi connectivity index (χ0) is 37.3. The number of fused-ring (bicyclic) bond motifs is 2. The maximum atomic E-state index is 18.3. The van der Waals surface area contributed by atoms with Crippen LogP contribution in [-0.2, 0) is 42.3 Å². The van der Waals surface area contributed by atoms with Gasteiger partial charge in [0, 0.05) is 0 Å². The Morgan fingerprint density at radius 2 is 0.927 bits per heavy atom. The number of hydrogen-bond acceptors (Lipinski definition) is 0. The third kappa shape index (κ3) is 5.25. The zero-order valence-electron chi connectivity index (χ0n) is 30.3. The minimum atomic E-state index is -5.15. The predicted molar refractivity (Wildman–Crippen MR) is 209 cm³/mol.